The van der Waals surface area contributed by atoms with E-state index >= 15 is 0 Å². The van der Waals surface area contributed by atoms with Gasteiger partial charge >= 0.3 is 0 Å². The van der Waals surface area contributed by atoms with E-state index in [0.717, 1.165) is 60.9 Å². The summed E-state index contributed by atoms with van der Waals surface area (Å²) >= 11 is 7.06. The van der Waals surface area contributed by atoms with Crippen molar-refractivity contribution in [2.75, 3.05) is 38.2 Å². The molecule has 2 aromatic rings. The van der Waals surface area contributed by atoms with Crippen LogP contribution in [-0.2, 0) is 17.8 Å². The van der Waals surface area contributed by atoms with Crippen molar-refractivity contribution < 1.29 is 4.74 Å². The van der Waals surface area contributed by atoms with Crippen LogP contribution in [0.3, 0.4) is 0 Å². The van der Waals surface area contributed by atoms with E-state index in [9.17, 15) is 0 Å². The summed E-state index contributed by atoms with van der Waals surface area (Å²) in [6, 6.07) is 10.8. The van der Waals surface area contributed by atoms with Crippen LogP contribution >= 0.6 is 23.6 Å². The Morgan fingerprint density at radius 2 is 2.04 bits per heavy atom. The van der Waals surface area contributed by atoms with Crippen LogP contribution in [0.2, 0.25) is 0 Å². The SMILES string of the molecule is CCOCCCNc1nn(CN2CCC(Cc3ccccc3)CC2)c(=S)s1. The number of piperidine rings is 1. The summed E-state index contributed by atoms with van der Waals surface area (Å²) in [5.74, 6) is 0.787. The molecule has 1 aliphatic heterocycles. The highest BCUT2D eigenvalue weighted by Crippen LogP contribution is 2.22. The molecular weight excluding hydrogens is 376 g/mol. The summed E-state index contributed by atoms with van der Waals surface area (Å²) in [6.45, 7) is 7.48. The first kappa shape index (κ1) is 20.5. The van der Waals surface area contributed by atoms with Gasteiger partial charge in [0.2, 0.25) is 5.13 Å². The number of hydrogen-bond acceptors (Lipinski definition) is 6. The molecule has 0 radical (unpaired) electrons. The van der Waals surface area contributed by atoms with Gasteiger partial charge in [0.25, 0.3) is 0 Å². The molecule has 0 saturated carbocycles. The number of ether oxygens (including phenoxy) is 1. The first-order valence-electron chi connectivity index (χ1n) is 9.90. The molecule has 0 unspecified atom stereocenters. The van der Waals surface area contributed by atoms with Crippen molar-refractivity contribution in [3.8, 4) is 0 Å². The van der Waals surface area contributed by atoms with Gasteiger partial charge in [0, 0.05) is 32.8 Å². The molecule has 148 valence electrons. The van der Waals surface area contributed by atoms with Crippen LogP contribution in [0.1, 0.15) is 31.7 Å². The fourth-order valence-electron chi connectivity index (χ4n) is 3.45. The molecule has 3 rings (SSSR count). The molecule has 1 fully saturated rings. The lowest BCUT2D eigenvalue weighted by Gasteiger charge is -2.31. The number of anilines is 1. The van der Waals surface area contributed by atoms with Gasteiger partial charge in [-0.25, -0.2) is 4.68 Å². The summed E-state index contributed by atoms with van der Waals surface area (Å²) in [5, 5.41) is 8.92. The minimum absolute atomic E-state index is 0.773. The van der Waals surface area contributed by atoms with Crippen molar-refractivity contribution in [3.63, 3.8) is 0 Å². The van der Waals surface area contributed by atoms with Gasteiger partial charge in [0.15, 0.2) is 3.95 Å². The predicted molar refractivity (Wildman–Crippen MR) is 115 cm³/mol. The molecule has 0 aliphatic carbocycles. The molecule has 0 bridgehead atoms. The zero-order chi connectivity index (χ0) is 18.9. The van der Waals surface area contributed by atoms with E-state index in [4.69, 9.17) is 17.0 Å². The van der Waals surface area contributed by atoms with E-state index in [1.54, 1.807) is 11.3 Å². The zero-order valence-corrected chi connectivity index (χ0v) is 17.7. The van der Waals surface area contributed by atoms with E-state index in [1.165, 1.54) is 24.8 Å². The number of likely N-dealkylation sites (tertiary alicyclic amines) is 1. The normalized spacial score (nSPS) is 15.9. The van der Waals surface area contributed by atoms with Crippen molar-refractivity contribution in [1.29, 1.82) is 0 Å². The minimum Gasteiger partial charge on any atom is -0.382 e. The quantitative estimate of drug-likeness (QED) is 0.467. The smallest absolute Gasteiger partial charge is 0.204 e. The second-order valence-electron chi connectivity index (χ2n) is 7.04. The molecular formula is C20H30N4OS2. The summed E-state index contributed by atoms with van der Waals surface area (Å²) in [5.41, 5.74) is 1.46. The zero-order valence-electron chi connectivity index (χ0n) is 16.1. The van der Waals surface area contributed by atoms with Crippen molar-refractivity contribution in [2.45, 2.75) is 39.3 Å². The molecule has 0 spiro atoms. The maximum atomic E-state index is 5.50. The Morgan fingerprint density at radius 3 is 2.78 bits per heavy atom. The highest BCUT2D eigenvalue weighted by molar-refractivity contribution is 7.73. The Balaban J connectivity index is 1.41. The molecule has 1 aromatic carbocycles. The predicted octanol–water partition coefficient (Wildman–Crippen LogP) is 4.42. The van der Waals surface area contributed by atoms with E-state index in [1.807, 2.05) is 11.6 Å². The van der Waals surface area contributed by atoms with Gasteiger partial charge in [0.05, 0.1) is 6.67 Å². The van der Waals surface area contributed by atoms with Gasteiger partial charge in [-0.2, -0.15) is 0 Å². The summed E-state index contributed by atoms with van der Waals surface area (Å²) in [7, 11) is 0. The van der Waals surface area contributed by atoms with Crippen LogP contribution in [0.15, 0.2) is 30.3 Å². The third-order valence-electron chi connectivity index (χ3n) is 4.96. The van der Waals surface area contributed by atoms with Gasteiger partial charge in [-0.15, -0.1) is 5.10 Å². The van der Waals surface area contributed by atoms with Crippen LogP contribution in [0, 0.1) is 9.87 Å². The van der Waals surface area contributed by atoms with Gasteiger partial charge in [-0.3, -0.25) is 4.90 Å². The Bertz CT molecular complexity index is 723. The number of nitrogens with one attached hydrogen (secondary N) is 1. The Morgan fingerprint density at radius 1 is 1.26 bits per heavy atom. The van der Waals surface area contributed by atoms with Gasteiger partial charge in [0.1, 0.15) is 0 Å². The van der Waals surface area contributed by atoms with E-state index in [-0.39, 0.29) is 0 Å². The Labute approximate surface area is 171 Å². The Kier molecular flexibility index (Phi) is 8.26. The van der Waals surface area contributed by atoms with Crippen molar-refractivity contribution in [2.24, 2.45) is 5.92 Å². The molecule has 1 aromatic heterocycles. The number of hydrogen-bond donors (Lipinski definition) is 1. The lowest BCUT2D eigenvalue weighted by Crippen LogP contribution is -2.36. The van der Waals surface area contributed by atoms with Crippen molar-refractivity contribution in [1.82, 2.24) is 14.7 Å². The molecule has 1 aliphatic rings. The molecule has 1 saturated heterocycles. The monoisotopic (exact) mass is 406 g/mol. The van der Waals surface area contributed by atoms with Crippen LogP contribution in [0.5, 0.6) is 0 Å². The van der Waals surface area contributed by atoms with Crippen LogP contribution in [-0.4, -0.2) is 47.5 Å². The second kappa shape index (κ2) is 10.9. The second-order valence-corrected chi connectivity index (χ2v) is 8.67. The first-order valence-corrected chi connectivity index (χ1v) is 11.1. The maximum Gasteiger partial charge on any atom is 0.204 e. The molecule has 5 nitrogen and oxygen atoms in total. The van der Waals surface area contributed by atoms with Crippen LogP contribution < -0.4 is 5.32 Å². The highest BCUT2D eigenvalue weighted by atomic mass is 32.1. The molecule has 27 heavy (non-hydrogen) atoms. The average molecular weight is 407 g/mol. The Hall–Kier alpha value is -1.28. The summed E-state index contributed by atoms with van der Waals surface area (Å²) in [4.78, 5) is 2.47. The van der Waals surface area contributed by atoms with E-state index in [2.05, 4.69) is 45.6 Å². The van der Waals surface area contributed by atoms with Gasteiger partial charge < -0.3 is 10.1 Å². The molecule has 2 heterocycles. The molecule has 0 amide bonds. The minimum atomic E-state index is 0.773. The van der Waals surface area contributed by atoms with Crippen molar-refractivity contribution in [3.05, 3.63) is 39.8 Å². The first-order chi connectivity index (χ1) is 13.2. The molecule has 0 atom stereocenters. The number of benzene rings is 1. The molecule has 1 N–H and O–H groups in total. The number of aromatic nitrogens is 2. The number of nitrogens with zero attached hydrogens (tertiary/aromatic N) is 3. The molecule has 7 heteroatoms. The number of rotatable bonds is 10. The maximum absolute atomic E-state index is 5.50. The fraction of sp³-hybridized carbons (Fsp3) is 0.600. The van der Waals surface area contributed by atoms with Crippen LogP contribution in [0.25, 0.3) is 0 Å². The lowest BCUT2D eigenvalue weighted by molar-refractivity contribution is 0.140. The highest BCUT2D eigenvalue weighted by Gasteiger charge is 2.20. The topological polar surface area (TPSA) is 42.3 Å². The standard InChI is InChI=1S/C20H30N4OS2/c1-2-25-14-6-11-21-19-22-24(20(26)27-19)16-23-12-9-18(10-13-23)15-17-7-4-3-5-8-17/h3-5,7-8,18H,2,6,9-16H2,1H3,(H,21,22). The van der Waals surface area contributed by atoms with E-state index < -0.39 is 0 Å². The largest absolute Gasteiger partial charge is 0.382 e. The average Bonchev–Trinajstić information content (AvgIpc) is 3.03. The van der Waals surface area contributed by atoms with E-state index in [0.29, 0.717) is 0 Å². The third-order valence-corrected chi connectivity index (χ3v) is 6.23. The summed E-state index contributed by atoms with van der Waals surface area (Å²) in [6.07, 6.45) is 4.67. The fourth-order valence-corrected chi connectivity index (χ4v) is 4.47. The van der Waals surface area contributed by atoms with Gasteiger partial charge in [-0.05, 0) is 56.3 Å². The van der Waals surface area contributed by atoms with Crippen molar-refractivity contribution >= 4 is 28.7 Å². The van der Waals surface area contributed by atoms with Gasteiger partial charge in [-0.1, -0.05) is 41.7 Å². The summed E-state index contributed by atoms with van der Waals surface area (Å²) < 4.78 is 8.16. The lowest BCUT2D eigenvalue weighted by atomic mass is 9.90. The van der Waals surface area contributed by atoms with Crippen LogP contribution in [0.4, 0.5) is 5.13 Å². The third kappa shape index (κ3) is 6.68.